The Hall–Kier alpha value is -3.33. The van der Waals surface area contributed by atoms with Crippen molar-refractivity contribution in [2.75, 3.05) is 0 Å². The topological polar surface area (TPSA) is 0 Å². The zero-order chi connectivity index (χ0) is 25.6. The summed E-state index contributed by atoms with van der Waals surface area (Å²) in [5.74, 6) is 0. The zero-order valence-electron chi connectivity index (χ0n) is 21.0. The Balaban J connectivity index is 1.54. The van der Waals surface area contributed by atoms with E-state index in [1.54, 1.807) is 6.25 Å². The van der Waals surface area contributed by atoms with Crippen molar-refractivity contribution in [2.24, 2.45) is 0 Å². The van der Waals surface area contributed by atoms with Gasteiger partial charge in [0.25, 0.3) is 0 Å². The van der Waals surface area contributed by atoms with E-state index in [4.69, 9.17) is 0 Å². The third-order valence-electron chi connectivity index (χ3n) is 6.67. The van der Waals surface area contributed by atoms with E-state index >= 15 is 0 Å². The summed E-state index contributed by atoms with van der Waals surface area (Å²) in [6, 6.07) is 60.1. The van der Waals surface area contributed by atoms with Crippen molar-refractivity contribution in [1.82, 2.24) is 0 Å². The Morgan fingerprint density at radius 2 is 0.789 bits per heavy atom. The zero-order valence-corrected chi connectivity index (χ0v) is 25.8. The van der Waals surface area contributed by atoms with Gasteiger partial charge in [0.05, 0.1) is 0 Å². The molecule has 0 N–H and O–H groups in total. The quantitative estimate of drug-likeness (QED) is 0.133. The molecular weight excluding hydrogens is 671 g/mol. The Kier molecular flexibility index (Phi) is 7.90. The third kappa shape index (κ3) is 5.43. The molecule has 2 radical (unpaired) electrons. The molecule has 0 bridgehead atoms. The molecule has 2 heteroatoms. The van der Waals surface area contributed by atoms with Gasteiger partial charge >= 0.3 is 240 Å². The van der Waals surface area contributed by atoms with Crippen LogP contribution in [0.4, 0.5) is 0 Å². The Labute approximate surface area is 239 Å². The van der Waals surface area contributed by atoms with E-state index in [1.807, 2.05) is 0 Å². The maximum atomic E-state index is 2.41. The molecule has 38 heavy (non-hydrogen) atoms. The monoisotopic (exact) mass is 698 g/mol. The van der Waals surface area contributed by atoms with Crippen LogP contribution < -0.4 is 22.2 Å². The molecule has 0 heterocycles. The summed E-state index contributed by atoms with van der Waals surface area (Å²) in [5.41, 5.74) is 5.37. The predicted molar refractivity (Wildman–Crippen MR) is 167 cm³/mol. The standard InChI is InChI=1S/C18H14P.C18H13.Pb/c1-4-10-16(11-5-1)19(17-12-6-2-7-13-17)18-14-8-3-9-15-18;1-3-8-15(9-4-1)17-12-7-13-18(14-17)16-10-5-2-6-11-16;/h1-14H;1-13H;. The van der Waals surface area contributed by atoms with Gasteiger partial charge in [0.2, 0.25) is 0 Å². The molecule has 180 valence electrons. The number of hydrogen-bond donors (Lipinski definition) is 0. The molecule has 6 aromatic rings. The summed E-state index contributed by atoms with van der Waals surface area (Å²) in [5, 5.41) is 4.32. The first-order chi connectivity index (χ1) is 18.9. The Morgan fingerprint density at radius 1 is 0.368 bits per heavy atom. The average Bonchev–Trinajstić information content (AvgIpc) is 3.00. The van der Waals surface area contributed by atoms with Crippen molar-refractivity contribution < 1.29 is 0 Å². The van der Waals surface area contributed by atoms with E-state index in [0.29, 0.717) is 0 Å². The Morgan fingerprint density at radius 3 is 1.29 bits per heavy atom. The predicted octanol–water partition coefficient (Wildman–Crippen LogP) is 6.43. The first-order valence-corrected chi connectivity index (χ1v) is 18.1. The number of benzene rings is 6. The maximum absolute atomic E-state index is 2.41. The van der Waals surface area contributed by atoms with Gasteiger partial charge in [-0.2, -0.15) is 0 Å². The van der Waals surface area contributed by atoms with Gasteiger partial charge in [0.1, 0.15) is 0 Å². The molecule has 0 aliphatic carbocycles. The summed E-state index contributed by atoms with van der Waals surface area (Å²) in [6.45, 7) is 0. The first-order valence-electron chi connectivity index (χ1n) is 12.9. The average molecular weight is 698 g/mol. The second-order valence-electron chi connectivity index (χ2n) is 9.11. The van der Waals surface area contributed by atoms with Crippen LogP contribution in [0.1, 0.15) is 0 Å². The molecule has 0 aliphatic rings. The van der Waals surface area contributed by atoms with Crippen molar-refractivity contribution in [3.63, 3.8) is 0 Å². The van der Waals surface area contributed by atoms with Crippen molar-refractivity contribution >= 4 is 54.3 Å². The van der Waals surface area contributed by atoms with E-state index in [2.05, 4.69) is 164 Å². The van der Waals surface area contributed by atoms with Crippen molar-refractivity contribution in [3.8, 4) is 22.3 Å². The van der Waals surface area contributed by atoms with Gasteiger partial charge < -0.3 is 0 Å². The minimum atomic E-state index is -1.53. The minimum absolute atomic E-state index is 0.642. The second-order valence-corrected chi connectivity index (χ2v) is 16.3. The van der Waals surface area contributed by atoms with Gasteiger partial charge in [0, 0.05) is 0 Å². The van der Waals surface area contributed by atoms with Crippen LogP contribution in [0.3, 0.4) is 0 Å². The third-order valence-corrected chi connectivity index (χ3v) is 15.8. The molecule has 0 amide bonds. The fraction of sp³-hybridized carbons (Fsp3) is 0. The summed E-state index contributed by atoms with van der Waals surface area (Å²) in [6.07, 6.45) is 0. The number of rotatable bonds is 7. The van der Waals surface area contributed by atoms with Crippen LogP contribution in [0.15, 0.2) is 164 Å². The molecule has 0 atom stereocenters. The summed E-state index contributed by atoms with van der Waals surface area (Å²) >= 11 is -1.53. The van der Waals surface area contributed by atoms with Gasteiger partial charge in [-0.15, -0.1) is 0 Å². The van der Waals surface area contributed by atoms with Gasteiger partial charge in [-0.05, 0) is 0 Å². The van der Waals surface area contributed by atoms with Crippen LogP contribution in [0.2, 0.25) is 0 Å². The molecule has 6 rings (SSSR count). The van der Waals surface area contributed by atoms with E-state index < -0.39 is 32.2 Å². The molecule has 0 fully saturated rings. The normalized spacial score (nSPS) is 11.0. The van der Waals surface area contributed by atoms with Crippen LogP contribution in [-0.2, 0) is 0 Å². The van der Waals surface area contributed by atoms with Crippen LogP contribution >= 0.6 is 7.92 Å². The van der Waals surface area contributed by atoms with E-state index in [1.165, 1.54) is 38.2 Å². The molecule has 6 aromatic carbocycles. The molecule has 0 nitrogen and oxygen atoms in total. The second kappa shape index (κ2) is 12.0. The van der Waals surface area contributed by atoms with E-state index in [0.717, 1.165) is 0 Å². The number of hydrogen-bond acceptors (Lipinski definition) is 0. The first kappa shape index (κ1) is 25.0. The van der Waals surface area contributed by atoms with Crippen LogP contribution in [0, 0.1) is 0 Å². The van der Waals surface area contributed by atoms with Crippen molar-refractivity contribution in [2.45, 2.75) is 0 Å². The van der Waals surface area contributed by atoms with Gasteiger partial charge in [-0.25, -0.2) is 0 Å². The summed E-state index contributed by atoms with van der Waals surface area (Å²) in [7, 11) is -0.642. The molecule has 0 spiro atoms. The molecule has 0 unspecified atom stereocenters. The van der Waals surface area contributed by atoms with Crippen LogP contribution in [0.25, 0.3) is 22.3 Å². The SMILES string of the molecule is c1ccc(-c2cccc(-c3ccccc3)[c]2[Pb][c]2ccccc2P(c2ccccc2)c2ccccc2)cc1. The summed E-state index contributed by atoms with van der Waals surface area (Å²) < 4.78 is 3.14. The van der Waals surface area contributed by atoms with Crippen LogP contribution in [0.5, 0.6) is 0 Å². The van der Waals surface area contributed by atoms with E-state index in [9.17, 15) is 0 Å². The molecular formula is C36H27PPb. The van der Waals surface area contributed by atoms with Crippen molar-refractivity contribution in [1.29, 1.82) is 0 Å². The fourth-order valence-electron chi connectivity index (χ4n) is 4.89. The molecule has 0 saturated heterocycles. The van der Waals surface area contributed by atoms with E-state index in [-0.39, 0.29) is 0 Å². The molecule has 0 aromatic heterocycles. The fourth-order valence-corrected chi connectivity index (χ4v) is 14.4. The van der Waals surface area contributed by atoms with Gasteiger partial charge in [0.15, 0.2) is 0 Å². The molecule has 0 aliphatic heterocycles. The molecule has 0 saturated carbocycles. The van der Waals surface area contributed by atoms with Crippen molar-refractivity contribution in [3.05, 3.63) is 164 Å². The Bertz CT molecular complexity index is 1520. The van der Waals surface area contributed by atoms with Gasteiger partial charge in [-0.3, -0.25) is 0 Å². The van der Waals surface area contributed by atoms with Crippen LogP contribution in [-0.4, -0.2) is 24.2 Å². The van der Waals surface area contributed by atoms with Gasteiger partial charge in [-0.1, -0.05) is 0 Å². The summed E-state index contributed by atoms with van der Waals surface area (Å²) in [4.78, 5) is 0.